The molecule has 1 aliphatic heterocycles. The van der Waals surface area contributed by atoms with E-state index in [1.807, 2.05) is 6.07 Å². The SMILES string of the molecule is Cc1cccc(C)c1OCC#CCN1CCOCC1.Cl. The number of halogens is 1. The second-order valence-corrected chi connectivity index (χ2v) is 4.75. The summed E-state index contributed by atoms with van der Waals surface area (Å²) in [4.78, 5) is 2.30. The van der Waals surface area contributed by atoms with Gasteiger partial charge in [0.2, 0.25) is 0 Å². The lowest BCUT2D eigenvalue weighted by Crippen LogP contribution is -2.36. The number of morpholine rings is 1. The van der Waals surface area contributed by atoms with Gasteiger partial charge >= 0.3 is 0 Å². The minimum Gasteiger partial charge on any atom is -0.480 e. The van der Waals surface area contributed by atoms with E-state index in [2.05, 4.69) is 42.7 Å². The van der Waals surface area contributed by atoms with Gasteiger partial charge in [-0.2, -0.15) is 0 Å². The number of nitrogens with zero attached hydrogens (tertiary/aromatic N) is 1. The molecule has 0 amide bonds. The predicted octanol–water partition coefficient (Wildman–Crippen LogP) is 2.44. The van der Waals surface area contributed by atoms with Crippen LogP contribution in [0, 0.1) is 25.7 Å². The van der Waals surface area contributed by atoms with Gasteiger partial charge < -0.3 is 9.47 Å². The fourth-order valence-electron chi connectivity index (χ4n) is 2.11. The average molecular weight is 296 g/mol. The number of rotatable bonds is 3. The maximum Gasteiger partial charge on any atom is 0.149 e. The molecule has 0 radical (unpaired) electrons. The van der Waals surface area contributed by atoms with Crippen molar-refractivity contribution in [3.63, 3.8) is 0 Å². The predicted molar refractivity (Wildman–Crippen MR) is 83.7 cm³/mol. The van der Waals surface area contributed by atoms with Crippen molar-refractivity contribution in [1.82, 2.24) is 4.90 Å². The normalized spacial score (nSPS) is 14.9. The minimum absolute atomic E-state index is 0. The molecule has 110 valence electrons. The molecule has 4 heteroatoms. The highest BCUT2D eigenvalue weighted by molar-refractivity contribution is 5.85. The van der Waals surface area contributed by atoms with Gasteiger partial charge in [-0.25, -0.2) is 0 Å². The molecule has 1 aromatic rings. The first-order valence-corrected chi connectivity index (χ1v) is 6.72. The Morgan fingerprint density at radius 3 is 2.45 bits per heavy atom. The number of hydrogen-bond acceptors (Lipinski definition) is 3. The first-order valence-electron chi connectivity index (χ1n) is 6.72. The van der Waals surface area contributed by atoms with E-state index in [4.69, 9.17) is 9.47 Å². The molecule has 2 rings (SSSR count). The van der Waals surface area contributed by atoms with Crippen molar-refractivity contribution in [1.29, 1.82) is 0 Å². The van der Waals surface area contributed by atoms with Crippen LogP contribution in [-0.2, 0) is 4.74 Å². The van der Waals surface area contributed by atoms with Crippen LogP contribution in [0.25, 0.3) is 0 Å². The average Bonchev–Trinajstić information content (AvgIpc) is 2.42. The second-order valence-electron chi connectivity index (χ2n) is 4.75. The van der Waals surface area contributed by atoms with Crippen LogP contribution < -0.4 is 4.74 Å². The summed E-state index contributed by atoms with van der Waals surface area (Å²) in [6.45, 7) is 8.97. The number of aryl methyl sites for hydroxylation is 2. The summed E-state index contributed by atoms with van der Waals surface area (Å²) in [6.07, 6.45) is 0. The van der Waals surface area contributed by atoms with Gasteiger partial charge in [0.1, 0.15) is 12.4 Å². The molecule has 0 unspecified atom stereocenters. The Labute approximate surface area is 127 Å². The summed E-state index contributed by atoms with van der Waals surface area (Å²) < 4.78 is 11.0. The van der Waals surface area contributed by atoms with Gasteiger partial charge in [-0.1, -0.05) is 30.0 Å². The van der Waals surface area contributed by atoms with E-state index in [1.165, 1.54) is 0 Å². The van der Waals surface area contributed by atoms with Gasteiger partial charge in [-0.05, 0) is 25.0 Å². The summed E-state index contributed by atoms with van der Waals surface area (Å²) in [7, 11) is 0. The van der Waals surface area contributed by atoms with Crippen molar-refractivity contribution in [3.05, 3.63) is 29.3 Å². The van der Waals surface area contributed by atoms with Crippen molar-refractivity contribution in [2.24, 2.45) is 0 Å². The Morgan fingerprint density at radius 1 is 1.15 bits per heavy atom. The van der Waals surface area contributed by atoms with Crippen molar-refractivity contribution < 1.29 is 9.47 Å². The Hall–Kier alpha value is -1.21. The first kappa shape index (κ1) is 16.8. The molecule has 0 saturated carbocycles. The van der Waals surface area contributed by atoms with E-state index in [9.17, 15) is 0 Å². The maximum absolute atomic E-state index is 5.74. The standard InChI is InChI=1S/C16H21NO2.ClH/c1-14-6-5-7-15(2)16(14)19-11-4-3-8-17-9-12-18-13-10-17;/h5-7H,8-13H2,1-2H3;1H. The topological polar surface area (TPSA) is 21.7 Å². The molecule has 20 heavy (non-hydrogen) atoms. The lowest BCUT2D eigenvalue weighted by atomic mass is 10.1. The van der Waals surface area contributed by atoms with E-state index in [0.29, 0.717) is 6.61 Å². The Morgan fingerprint density at radius 2 is 1.80 bits per heavy atom. The Bertz CT molecular complexity index is 453. The fourth-order valence-corrected chi connectivity index (χ4v) is 2.11. The fraction of sp³-hybridized carbons (Fsp3) is 0.500. The highest BCUT2D eigenvalue weighted by Gasteiger charge is 2.07. The highest BCUT2D eigenvalue weighted by Crippen LogP contribution is 2.21. The molecule has 1 aromatic carbocycles. The van der Waals surface area contributed by atoms with Gasteiger partial charge in [0, 0.05) is 13.1 Å². The third-order valence-corrected chi connectivity index (χ3v) is 3.23. The van der Waals surface area contributed by atoms with Crippen LogP contribution >= 0.6 is 12.4 Å². The van der Waals surface area contributed by atoms with Crippen LogP contribution in [0.15, 0.2) is 18.2 Å². The number of hydrogen-bond donors (Lipinski definition) is 0. The van der Waals surface area contributed by atoms with Gasteiger partial charge in [0.15, 0.2) is 0 Å². The number of para-hydroxylation sites is 1. The Balaban J connectivity index is 0.00000200. The number of benzene rings is 1. The molecule has 1 fully saturated rings. The third kappa shape index (κ3) is 5.05. The van der Waals surface area contributed by atoms with Crippen LogP contribution in [0.5, 0.6) is 5.75 Å². The summed E-state index contributed by atoms with van der Waals surface area (Å²) in [5.74, 6) is 7.20. The van der Waals surface area contributed by atoms with Crippen molar-refractivity contribution in [2.75, 3.05) is 39.5 Å². The van der Waals surface area contributed by atoms with Crippen molar-refractivity contribution in [2.45, 2.75) is 13.8 Å². The molecule has 3 nitrogen and oxygen atoms in total. The zero-order chi connectivity index (χ0) is 13.5. The van der Waals surface area contributed by atoms with Gasteiger partial charge in [-0.15, -0.1) is 12.4 Å². The van der Waals surface area contributed by atoms with Gasteiger partial charge in [-0.3, -0.25) is 4.90 Å². The molecular weight excluding hydrogens is 274 g/mol. The first-order chi connectivity index (χ1) is 9.27. The Kier molecular flexibility index (Phi) is 7.46. The van der Waals surface area contributed by atoms with Crippen molar-refractivity contribution in [3.8, 4) is 17.6 Å². The maximum atomic E-state index is 5.74. The van der Waals surface area contributed by atoms with Crippen LogP contribution in [0.2, 0.25) is 0 Å². The molecule has 1 saturated heterocycles. The molecule has 0 N–H and O–H groups in total. The quantitative estimate of drug-likeness (QED) is 0.800. The second kappa shape index (κ2) is 8.86. The molecular formula is C16H22ClNO2. The van der Waals surface area contributed by atoms with E-state index in [-0.39, 0.29) is 12.4 Å². The summed E-state index contributed by atoms with van der Waals surface area (Å²) in [6, 6.07) is 6.16. The molecule has 1 heterocycles. The molecule has 1 aliphatic rings. The van der Waals surface area contributed by atoms with Gasteiger partial charge in [0.05, 0.1) is 19.8 Å². The minimum atomic E-state index is 0. The zero-order valence-electron chi connectivity index (χ0n) is 12.1. The van der Waals surface area contributed by atoms with E-state index in [1.54, 1.807) is 0 Å². The molecule has 0 aromatic heterocycles. The van der Waals surface area contributed by atoms with E-state index in [0.717, 1.165) is 49.7 Å². The van der Waals surface area contributed by atoms with Crippen LogP contribution in [0.3, 0.4) is 0 Å². The molecule has 0 aliphatic carbocycles. The summed E-state index contributed by atoms with van der Waals surface area (Å²) >= 11 is 0. The van der Waals surface area contributed by atoms with Gasteiger partial charge in [0.25, 0.3) is 0 Å². The van der Waals surface area contributed by atoms with Crippen LogP contribution in [0.1, 0.15) is 11.1 Å². The molecule has 0 atom stereocenters. The largest absolute Gasteiger partial charge is 0.480 e. The molecule has 0 spiro atoms. The van der Waals surface area contributed by atoms with Crippen LogP contribution in [-0.4, -0.2) is 44.4 Å². The van der Waals surface area contributed by atoms with Crippen molar-refractivity contribution >= 4 is 12.4 Å². The lowest BCUT2D eigenvalue weighted by molar-refractivity contribution is 0.0443. The summed E-state index contributed by atoms with van der Waals surface area (Å²) in [5, 5.41) is 0. The third-order valence-electron chi connectivity index (χ3n) is 3.23. The molecule has 0 bridgehead atoms. The zero-order valence-corrected chi connectivity index (χ0v) is 13.0. The highest BCUT2D eigenvalue weighted by atomic mass is 35.5. The smallest absolute Gasteiger partial charge is 0.149 e. The summed E-state index contributed by atoms with van der Waals surface area (Å²) in [5.41, 5.74) is 2.32. The van der Waals surface area contributed by atoms with E-state index < -0.39 is 0 Å². The lowest BCUT2D eigenvalue weighted by Gasteiger charge is -2.24. The monoisotopic (exact) mass is 295 g/mol. The van der Waals surface area contributed by atoms with Crippen LogP contribution in [0.4, 0.5) is 0 Å². The van der Waals surface area contributed by atoms with E-state index >= 15 is 0 Å². The number of ether oxygens (including phenoxy) is 2.